The van der Waals surface area contributed by atoms with Crippen LogP contribution in [0.5, 0.6) is 0 Å². The van der Waals surface area contributed by atoms with E-state index in [-0.39, 0.29) is 12.0 Å². The summed E-state index contributed by atoms with van der Waals surface area (Å²) < 4.78 is 19.9. The highest BCUT2D eigenvalue weighted by Crippen LogP contribution is 2.20. The summed E-state index contributed by atoms with van der Waals surface area (Å²) in [6.45, 7) is 3.09. The first-order valence-electron chi connectivity index (χ1n) is 13.6. The number of pyridine rings is 2. The summed E-state index contributed by atoms with van der Waals surface area (Å²) in [5.74, 6) is -0.760. The van der Waals surface area contributed by atoms with Crippen LogP contribution in [0.25, 0.3) is 0 Å². The summed E-state index contributed by atoms with van der Waals surface area (Å²) in [6.07, 6.45) is 5.64. The van der Waals surface area contributed by atoms with E-state index in [2.05, 4.69) is 22.8 Å². The molecule has 0 radical (unpaired) electrons. The van der Waals surface area contributed by atoms with Crippen molar-refractivity contribution in [3.63, 3.8) is 0 Å². The van der Waals surface area contributed by atoms with Gasteiger partial charge in [0.15, 0.2) is 0 Å². The van der Waals surface area contributed by atoms with Crippen molar-refractivity contribution in [2.45, 2.75) is 63.6 Å². The molecule has 0 saturated carbocycles. The lowest BCUT2D eigenvalue weighted by molar-refractivity contribution is -0.142. The first-order valence-corrected chi connectivity index (χ1v) is 13.6. The van der Waals surface area contributed by atoms with Gasteiger partial charge in [0.05, 0.1) is 6.10 Å². The van der Waals surface area contributed by atoms with E-state index in [1.54, 1.807) is 19.1 Å². The number of ether oxygens (including phenoxy) is 1. The number of fused-ring (bicyclic) bond motifs is 1. The third kappa shape index (κ3) is 9.14. The third-order valence-electron chi connectivity index (χ3n) is 7.07. The predicted octanol–water partition coefficient (Wildman–Crippen LogP) is 2.43. The van der Waals surface area contributed by atoms with Crippen molar-refractivity contribution >= 4 is 17.7 Å². The van der Waals surface area contributed by atoms with E-state index >= 15 is 0 Å². The van der Waals surface area contributed by atoms with Gasteiger partial charge in [-0.05, 0) is 69.7 Å². The molecule has 0 spiro atoms. The van der Waals surface area contributed by atoms with Crippen LogP contribution in [0.15, 0.2) is 41.3 Å². The summed E-state index contributed by atoms with van der Waals surface area (Å²) >= 11 is 0. The van der Waals surface area contributed by atoms with E-state index in [9.17, 15) is 23.9 Å². The lowest BCUT2D eigenvalue weighted by Gasteiger charge is -2.27. The molecule has 0 bridgehead atoms. The maximum absolute atomic E-state index is 13.4. The molecule has 2 aromatic heterocycles. The molecule has 3 atom stereocenters. The summed E-state index contributed by atoms with van der Waals surface area (Å²) in [5.41, 5.74) is 1.92. The van der Waals surface area contributed by atoms with Crippen LogP contribution in [0.3, 0.4) is 0 Å². The van der Waals surface area contributed by atoms with Crippen LogP contribution in [0.2, 0.25) is 0 Å². The number of aryl methyl sites for hydroxylation is 2. The zero-order chi connectivity index (χ0) is 28.2. The quantitative estimate of drug-likeness (QED) is 0.275. The lowest BCUT2D eigenvalue weighted by Crippen LogP contribution is -2.47. The Kier molecular flexibility index (Phi) is 11.9. The first-order chi connectivity index (χ1) is 18.8. The van der Waals surface area contributed by atoms with Gasteiger partial charge in [0.2, 0.25) is 5.91 Å². The Balaban J connectivity index is 1.54. The van der Waals surface area contributed by atoms with Gasteiger partial charge in [0.25, 0.3) is 5.56 Å². The fourth-order valence-electron chi connectivity index (χ4n) is 4.67. The number of carboxylic acid groups (broad SMARTS) is 1. The van der Waals surface area contributed by atoms with E-state index in [4.69, 9.17) is 9.72 Å². The summed E-state index contributed by atoms with van der Waals surface area (Å²) in [7, 11) is 1.45. The number of aromatic nitrogens is 2. The minimum atomic E-state index is -1.17. The minimum Gasteiger partial charge on any atom is -0.480 e. The Morgan fingerprint density at radius 2 is 2.08 bits per heavy atom. The Labute approximate surface area is 228 Å². The number of alkyl halides is 1. The molecule has 0 aliphatic carbocycles. The second-order valence-electron chi connectivity index (χ2n) is 9.92. The number of nitrogens with one attached hydrogen (secondary N) is 2. The van der Waals surface area contributed by atoms with Crippen molar-refractivity contribution < 1.29 is 23.8 Å². The van der Waals surface area contributed by atoms with E-state index in [1.165, 1.54) is 29.5 Å². The Bertz CT molecular complexity index is 1140. The molecule has 2 aromatic rings. The van der Waals surface area contributed by atoms with Crippen LogP contribution < -0.4 is 16.2 Å². The molecule has 3 N–H and O–H groups in total. The molecule has 1 amide bonds. The summed E-state index contributed by atoms with van der Waals surface area (Å²) in [4.78, 5) is 43.4. The average Bonchev–Trinajstić information content (AvgIpc) is 2.95. The number of anilines is 1. The number of hydrogen-bond acceptors (Lipinski definition) is 7. The number of carbonyl (C=O) groups is 2. The van der Waals surface area contributed by atoms with E-state index in [0.29, 0.717) is 19.6 Å². The number of hydrogen-bond donors (Lipinski definition) is 3. The topological polar surface area (TPSA) is 126 Å². The fourth-order valence-corrected chi connectivity index (χ4v) is 4.67. The van der Waals surface area contributed by atoms with Crippen LogP contribution in [-0.2, 0) is 27.2 Å². The maximum Gasteiger partial charge on any atom is 0.326 e. The lowest BCUT2D eigenvalue weighted by atomic mass is 10.1. The summed E-state index contributed by atoms with van der Waals surface area (Å²) in [5, 5.41) is 15.6. The van der Waals surface area contributed by atoms with Crippen LogP contribution in [0.1, 0.15) is 49.9 Å². The number of amides is 1. The number of unbranched alkanes of at least 4 members (excludes halogenated alkanes) is 1. The molecular formula is C28H40FN5O5. The standard InChI is InChI=1S/C28H40FN5O5/c1-20(34-16-6-4-10-25(34)35)27(36)32-24(28(37)38)13-17-33(19-23(18-29)39-2)15-5-3-9-22-12-11-21-8-7-14-30-26(21)31-22/h4,6,10-12,16,20,23-24H,3,5,7-9,13-15,17-19H2,1-2H3,(H,30,31)(H,32,36)(H,37,38). The van der Waals surface area contributed by atoms with Crippen molar-refractivity contribution in [2.75, 3.05) is 45.3 Å². The normalized spacial score (nSPS) is 15.2. The molecule has 3 heterocycles. The number of methoxy groups -OCH3 is 1. The van der Waals surface area contributed by atoms with Gasteiger partial charge in [0, 0.05) is 44.7 Å². The van der Waals surface area contributed by atoms with Crippen LogP contribution in [-0.4, -0.2) is 83.5 Å². The molecule has 1 aliphatic rings. The van der Waals surface area contributed by atoms with E-state index < -0.39 is 36.7 Å². The van der Waals surface area contributed by atoms with Gasteiger partial charge in [-0.2, -0.15) is 0 Å². The Morgan fingerprint density at radius 1 is 1.26 bits per heavy atom. The number of aliphatic carboxylic acids is 1. The third-order valence-corrected chi connectivity index (χ3v) is 7.07. The molecule has 0 fully saturated rings. The second-order valence-corrected chi connectivity index (χ2v) is 9.92. The molecule has 10 nitrogen and oxygen atoms in total. The van der Waals surface area contributed by atoms with Gasteiger partial charge >= 0.3 is 5.97 Å². The highest BCUT2D eigenvalue weighted by molar-refractivity contribution is 5.85. The van der Waals surface area contributed by atoms with Gasteiger partial charge in [-0.3, -0.25) is 9.59 Å². The van der Waals surface area contributed by atoms with Crippen LogP contribution >= 0.6 is 0 Å². The van der Waals surface area contributed by atoms with Crippen molar-refractivity contribution in [3.05, 3.63) is 58.1 Å². The van der Waals surface area contributed by atoms with Crippen LogP contribution in [0.4, 0.5) is 10.2 Å². The second kappa shape index (κ2) is 15.3. The Morgan fingerprint density at radius 3 is 2.79 bits per heavy atom. The highest BCUT2D eigenvalue weighted by atomic mass is 19.1. The Hall–Kier alpha value is -3.31. The number of nitrogens with zero attached hydrogens (tertiary/aromatic N) is 3. The largest absolute Gasteiger partial charge is 0.480 e. The molecule has 39 heavy (non-hydrogen) atoms. The molecule has 0 saturated heterocycles. The zero-order valence-corrected chi connectivity index (χ0v) is 22.8. The average molecular weight is 546 g/mol. The van der Waals surface area contributed by atoms with Gasteiger partial charge in [0.1, 0.15) is 24.6 Å². The molecule has 3 unspecified atom stereocenters. The van der Waals surface area contributed by atoms with Gasteiger partial charge < -0.3 is 29.9 Å². The molecular weight excluding hydrogens is 505 g/mol. The first kappa shape index (κ1) is 30.2. The van der Waals surface area contributed by atoms with E-state index in [0.717, 1.165) is 50.2 Å². The van der Waals surface area contributed by atoms with Crippen molar-refractivity contribution in [3.8, 4) is 0 Å². The molecule has 0 aromatic carbocycles. The molecule has 214 valence electrons. The van der Waals surface area contributed by atoms with Crippen molar-refractivity contribution in [2.24, 2.45) is 0 Å². The minimum absolute atomic E-state index is 0.123. The van der Waals surface area contributed by atoms with Gasteiger partial charge in [-0.1, -0.05) is 12.1 Å². The predicted molar refractivity (Wildman–Crippen MR) is 147 cm³/mol. The number of halogens is 1. The SMILES string of the molecule is COC(CF)CN(CCCCc1ccc2c(n1)NCCC2)CCC(NC(=O)C(C)n1ccccc1=O)C(=O)O. The fraction of sp³-hybridized carbons (Fsp3) is 0.571. The molecule has 11 heteroatoms. The van der Waals surface area contributed by atoms with Gasteiger partial charge in [-0.15, -0.1) is 0 Å². The zero-order valence-electron chi connectivity index (χ0n) is 22.8. The van der Waals surface area contributed by atoms with Crippen LogP contribution in [0, 0.1) is 0 Å². The number of carbonyl (C=O) groups excluding carboxylic acids is 1. The summed E-state index contributed by atoms with van der Waals surface area (Å²) in [6, 6.07) is 6.73. The molecule has 1 aliphatic heterocycles. The number of rotatable bonds is 16. The molecule has 3 rings (SSSR count). The maximum atomic E-state index is 13.4. The van der Waals surface area contributed by atoms with Gasteiger partial charge in [-0.25, -0.2) is 14.2 Å². The monoisotopic (exact) mass is 545 g/mol. The van der Waals surface area contributed by atoms with Crippen molar-refractivity contribution in [1.82, 2.24) is 19.8 Å². The van der Waals surface area contributed by atoms with E-state index in [1.807, 2.05) is 4.90 Å². The smallest absolute Gasteiger partial charge is 0.326 e. The highest BCUT2D eigenvalue weighted by Gasteiger charge is 2.25. The number of carboxylic acids is 1. The van der Waals surface area contributed by atoms with Crippen molar-refractivity contribution in [1.29, 1.82) is 0 Å².